The van der Waals surface area contributed by atoms with E-state index in [-0.39, 0.29) is 5.91 Å². The van der Waals surface area contributed by atoms with E-state index in [1.807, 2.05) is 48.5 Å². The molecule has 1 heterocycles. The van der Waals surface area contributed by atoms with Crippen molar-refractivity contribution < 1.29 is 9.32 Å². The molecule has 3 rings (SSSR count). The molecule has 3 aromatic rings. The molecule has 1 N–H and O–H groups in total. The number of aryl methyl sites for hydroxylation is 1. The highest BCUT2D eigenvalue weighted by Crippen LogP contribution is 2.20. The molecular weight excluding hydrogens is 264 g/mol. The standard InChI is InChI=1S/C17H14N2O2/c1-12-10-16(19-21-12)18-17(20)15-9-5-8-14(11-15)13-6-3-2-4-7-13/h2-11H,1H3,(H,18,19,20). The highest BCUT2D eigenvalue weighted by molar-refractivity contribution is 6.04. The smallest absolute Gasteiger partial charge is 0.256 e. The van der Waals surface area contributed by atoms with Crippen molar-refractivity contribution in [1.82, 2.24) is 5.16 Å². The fraction of sp³-hybridized carbons (Fsp3) is 0.0588. The Morgan fingerprint density at radius 1 is 1.00 bits per heavy atom. The van der Waals surface area contributed by atoms with Crippen molar-refractivity contribution >= 4 is 11.7 Å². The second-order valence-corrected chi connectivity index (χ2v) is 4.72. The quantitative estimate of drug-likeness (QED) is 0.790. The molecule has 21 heavy (non-hydrogen) atoms. The van der Waals surface area contributed by atoms with E-state index in [4.69, 9.17) is 4.52 Å². The van der Waals surface area contributed by atoms with E-state index >= 15 is 0 Å². The van der Waals surface area contributed by atoms with E-state index in [2.05, 4.69) is 10.5 Å². The van der Waals surface area contributed by atoms with Crippen LogP contribution in [0.15, 0.2) is 65.2 Å². The molecule has 2 aromatic carbocycles. The number of anilines is 1. The van der Waals surface area contributed by atoms with Crippen molar-refractivity contribution in [3.63, 3.8) is 0 Å². The van der Waals surface area contributed by atoms with Crippen molar-refractivity contribution in [2.75, 3.05) is 5.32 Å². The number of nitrogens with one attached hydrogen (secondary N) is 1. The lowest BCUT2D eigenvalue weighted by atomic mass is 10.0. The van der Waals surface area contributed by atoms with Gasteiger partial charge in [-0.3, -0.25) is 4.79 Å². The first kappa shape index (κ1) is 13.1. The summed E-state index contributed by atoms with van der Waals surface area (Å²) < 4.78 is 4.93. The molecule has 0 saturated carbocycles. The van der Waals surface area contributed by atoms with Gasteiger partial charge >= 0.3 is 0 Å². The van der Waals surface area contributed by atoms with Gasteiger partial charge in [0.05, 0.1) is 0 Å². The maximum atomic E-state index is 12.2. The maximum absolute atomic E-state index is 12.2. The van der Waals surface area contributed by atoms with Crippen LogP contribution in [0.1, 0.15) is 16.1 Å². The van der Waals surface area contributed by atoms with Crippen LogP contribution in [0.25, 0.3) is 11.1 Å². The van der Waals surface area contributed by atoms with Gasteiger partial charge in [-0.15, -0.1) is 0 Å². The number of hydrogen-bond acceptors (Lipinski definition) is 3. The Hall–Kier alpha value is -2.88. The summed E-state index contributed by atoms with van der Waals surface area (Å²) in [6.45, 7) is 1.78. The van der Waals surface area contributed by atoms with Crippen molar-refractivity contribution in [3.8, 4) is 11.1 Å². The first-order chi connectivity index (χ1) is 10.2. The first-order valence-corrected chi connectivity index (χ1v) is 6.62. The molecule has 0 atom stereocenters. The summed E-state index contributed by atoms with van der Waals surface area (Å²) in [5.41, 5.74) is 2.65. The van der Waals surface area contributed by atoms with Gasteiger partial charge < -0.3 is 9.84 Å². The summed E-state index contributed by atoms with van der Waals surface area (Å²) in [4.78, 5) is 12.2. The lowest BCUT2D eigenvalue weighted by Crippen LogP contribution is -2.12. The number of hydrogen-bond donors (Lipinski definition) is 1. The highest BCUT2D eigenvalue weighted by Gasteiger charge is 2.09. The predicted octanol–water partition coefficient (Wildman–Crippen LogP) is 3.90. The van der Waals surface area contributed by atoms with Crippen LogP contribution < -0.4 is 5.32 Å². The predicted molar refractivity (Wildman–Crippen MR) is 81.1 cm³/mol. The molecule has 0 bridgehead atoms. The lowest BCUT2D eigenvalue weighted by molar-refractivity contribution is 0.102. The number of amides is 1. The first-order valence-electron chi connectivity index (χ1n) is 6.62. The van der Waals surface area contributed by atoms with Crippen molar-refractivity contribution in [1.29, 1.82) is 0 Å². The third kappa shape index (κ3) is 3.00. The zero-order valence-corrected chi connectivity index (χ0v) is 11.5. The second kappa shape index (κ2) is 5.63. The number of aromatic nitrogens is 1. The summed E-state index contributed by atoms with van der Waals surface area (Å²) in [5.74, 6) is 0.868. The van der Waals surface area contributed by atoms with Crippen molar-refractivity contribution in [3.05, 3.63) is 72.0 Å². The molecule has 0 aliphatic rings. The summed E-state index contributed by atoms with van der Waals surface area (Å²) >= 11 is 0. The fourth-order valence-electron chi connectivity index (χ4n) is 2.08. The topological polar surface area (TPSA) is 55.1 Å². The maximum Gasteiger partial charge on any atom is 0.256 e. The molecule has 0 unspecified atom stereocenters. The molecule has 0 fully saturated rings. The number of benzene rings is 2. The van der Waals surface area contributed by atoms with Gasteiger partial charge in [0, 0.05) is 11.6 Å². The zero-order chi connectivity index (χ0) is 14.7. The Kier molecular flexibility index (Phi) is 3.51. The van der Waals surface area contributed by atoms with Crippen LogP contribution in [-0.4, -0.2) is 11.1 Å². The second-order valence-electron chi connectivity index (χ2n) is 4.72. The van der Waals surface area contributed by atoms with Gasteiger partial charge in [-0.05, 0) is 30.2 Å². The summed E-state index contributed by atoms with van der Waals surface area (Å²) in [6.07, 6.45) is 0. The molecule has 1 aromatic heterocycles. The summed E-state index contributed by atoms with van der Waals surface area (Å²) in [7, 11) is 0. The van der Waals surface area contributed by atoms with Gasteiger partial charge in [0.2, 0.25) is 0 Å². The Morgan fingerprint density at radius 2 is 1.76 bits per heavy atom. The normalized spacial score (nSPS) is 10.3. The molecule has 104 valence electrons. The molecule has 0 aliphatic carbocycles. The van der Waals surface area contributed by atoms with Crippen LogP contribution in [-0.2, 0) is 0 Å². The molecule has 1 amide bonds. The Bertz CT molecular complexity index is 763. The number of nitrogens with zero attached hydrogens (tertiary/aromatic N) is 1. The van der Waals surface area contributed by atoms with Gasteiger partial charge in [0.15, 0.2) is 5.82 Å². The van der Waals surface area contributed by atoms with Gasteiger partial charge in [-0.1, -0.05) is 47.6 Å². The molecule has 0 spiro atoms. The third-order valence-corrected chi connectivity index (χ3v) is 3.10. The van der Waals surface area contributed by atoms with E-state index in [1.165, 1.54) is 0 Å². The van der Waals surface area contributed by atoms with Crippen molar-refractivity contribution in [2.24, 2.45) is 0 Å². The largest absolute Gasteiger partial charge is 0.360 e. The number of carbonyl (C=O) groups is 1. The molecule has 0 aliphatic heterocycles. The van der Waals surface area contributed by atoms with Crippen LogP contribution in [0.4, 0.5) is 5.82 Å². The van der Waals surface area contributed by atoms with Crippen LogP contribution in [0, 0.1) is 6.92 Å². The fourth-order valence-corrected chi connectivity index (χ4v) is 2.08. The van der Waals surface area contributed by atoms with Crippen LogP contribution in [0.5, 0.6) is 0 Å². The minimum atomic E-state index is -0.207. The van der Waals surface area contributed by atoms with Gasteiger partial charge in [0.25, 0.3) is 5.91 Å². The van der Waals surface area contributed by atoms with E-state index in [0.29, 0.717) is 17.1 Å². The van der Waals surface area contributed by atoms with Crippen LogP contribution >= 0.6 is 0 Å². The third-order valence-electron chi connectivity index (χ3n) is 3.10. The van der Waals surface area contributed by atoms with E-state index in [9.17, 15) is 4.79 Å². The molecular formula is C17H14N2O2. The number of rotatable bonds is 3. The Morgan fingerprint density at radius 3 is 2.48 bits per heavy atom. The summed E-state index contributed by atoms with van der Waals surface area (Å²) in [6, 6.07) is 19.1. The average Bonchev–Trinajstić information content (AvgIpc) is 2.93. The van der Waals surface area contributed by atoms with Gasteiger partial charge in [-0.2, -0.15) is 0 Å². The highest BCUT2D eigenvalue weighted by atomic mass is 16.5. The minimum absolute atomic E-state index is 0.207. The SMILES string of the molecule is Cc1cc(NC(=O)c2cccc(-c3ccccc3)c2)no1. The van der Waals surface area contributed by atoms with E-state index < -0.39 is 0 Å². The molecule has 4 nitrogen and oxygen atoms in total. The average molecular weight is 278 g/mol. The lowest BCUT2D eigenvalue weighted by Gasteiger charge is -2.05. The van der Waals surface area contributed by atoms with Gasteiger partial charge in [0.1, 0.15) is 5.76 Å². The molecule has 0 radical (unpaired) electrons. The van der Waals surface area contributed by atoms with Crippen molar-refractivity contribution in [2.45, 2.75) is 6.92 Å². The molecule has 0 saturated heterocycles. The molecule has 4 heteroatoms. The van der Waals surface area contributed by atoms with Gasteiger partial charge in [-0.25, -0.2) is 0 Å². The monoisotopic (exact) mass is 278 g/mol. The zero-order valence-electron chi connectivity index (χ0n) is 11.5. The van der Waals surface area contributed by atoms with E-state index in [1.54, 1.807) is 19.1 Å². The van der Waals surface area contributed by atoms with Crippen LogP contribution in [0.3, 0.4) is 0 Å². The Balaban J connectivity index is 1.84. The number of carbonyl (C=O) groups excluding carboxylic acids is 1. The van der Waals surface area contributed by atoms with E-state index in [0.717, 1.165) is 11.1 Å². The Labute approximate surface area is 122 Å². The summed E-state index contributed by atoms with van der Waals surface area (Å²) in [5, 5.41) is 6.47. The minimum Gasteiger partial charge on any atom is -0.360 e. The van der Waals surface area contributed by atoms with Crippen LogP contribution in [0.2, 0.25) is 0 Å².